The summed E-state index contributed by atoms with van der Waals surface area (Å²) < 4.78 is 27.3. The van der Waals surface area contributed by atoms with Crippen molar-refractivity contribution < 1.29 is 13.2 Å². The van der Waals surface area contributed by atoms with Crippen molar-refractivity contribution in [3.8, 4) is 0 Å². The van der Waals surface area contributed by atoms with Gasteiger partial charge in [0.25, 0.3) is 5.56 Å². The fourth-order valence-corrected chi connectivity index (χ4v) is 5.63. The van der Waals surface area contributed by atoms with Gasteiger partial charge in [-0.15, -0.1) is 0 Å². The van der Waals surface area contributed by atoms with Crippen LogP contribution in [0.15, 0.2) is 39.9 Å². The molecule has 158 valence electrons. The average Bonchev–Trinajstić information content (AvgIpc) is 3.23. The van der Waals surface area contributed by atoms with E-state index in [0.29, 0.717) is 28.8 Å². The Bertz CT molecular complexity index is 1300. The highest BCUT2D eigenvalue weighted by atomic mass is 79.9. The number of benzene rings is 1. The molecule has 30 heavy (non-hydrogen) atoms. The van der Waals surface area contributed by atoms with Crippen molar-refractivity contribution in [1.82, 2.24) is 19.3 Å². The molecule has 1 aliphatic rings. The molecule has 9 nitrogen and oxygen atoms in total. The number of sulfone groups is 1. The molecule has 1 fully saturated rings. The first-order chi connectivity index (χ1) is 14.2. The van der Waals surface area contributed by atoms with E-state index < -0.39 is 9.84 Å². The summed E-state index contributed by atoms with van der Waals surface area (Å²) in [6.07, 6.45) is 1.97. The molecule has 1 unspecified atom stereocenters. The van der Waals surface area contributed by atoms with E-state index in [0.717, 1.165) is 4.47 Å². The standard InChI is InChI=1S/C19H20BrN5O4S/c1-12-8-17(25(23-12)14-5-7-30(28,29)10-14)22-18(26)4-6-24-11-21-16-3-2-13(20)9-15(16)19(24)27/h2-3,8-9,11,14H,4-7,10H2,1H3,(H,22,26). The minimum atomic E-state index is -3.07. The molecule has 1 amide bonds. The molecule has 1 N–H and O–H groups in total. The van der Waals surface area contributed by atoms with Crippen molar-refractivity contribution in [2.24, 2.45) is 0 Å². The molecule has 1 aliphatic heterocycles. The summed E-state index contributed by atoms with van der Waals surface area (Å²) in [6, 6.07) is 6.70. The minimum absolute atomic E-state index is 0.0186. The van der Waals surface area contributed by atoms with Gasteiger partial charge in [0.1, 0.15) is 5.82 Å². The molecule has 11 heteroatoms. The minimum Gasteiger partial charge on any atom is -0.311 e. The monoisotopic (exact) mass is 493 g/mol. The van der Waals surface area contributed by atoms with Crippen molar-refractivity contribution in [3.63, 3.8) is 0 Å². The molecular formula is C19H20BrN5O4S. The van der Waals surface area contributed by atoms with Crippen LogP contribution in [0.1, 0.15) is 24.6 Å². The maximum Gasteiger partial charge on any atom is 0.261 e. The van der Waals surface area contributed by atoms with Crippen LogP contribution in [0.5, 0.6) is 0 Å². The Hall–Kier alpha value is -2.53. The van der Waals surface area contributed by atoms with Crippen LogP contribution >= 0.6 is 15.9 Å². The van der Waals surface area contributed by atoms with Gasteiger partial charge in [0.2, 0.25) is 5.91 Å². The van der Waals surface area contributed by atoms with Crippen LogP contribution in [0.25, 0.3) is 10.9 Å². The fourth-order valence-electron chi connectivity index (χ4n) is 3.57. The van der Waals surface area contributed by atoms with Crippen LogP contribution in [0.4, 0.5) is 5.82 Å². The molecule has 0 spiro atoms. The fraction of sp³-hybridized carbons (Fsp3) is 0.368. The number of anilines is 1. The van der Waals surface area contributed by atoms with Gasteiger partial charge in [0.05, 0.1) is 40.5 Å². The number of carbonyl (C=O) groups is 1. The summed E-state index contributed by atoms with van der Waals surface area (Å²) in [6.45, 7) is 1.96. The normalized spacial score (nSPS) is 18.0. The molecule has 0 saturated carbocycles. The van der Waals surface area contributed by atoms with Crippen LogP contribution in [0, 0.1) is 6.92 Å². The Morgan fingerprint density at radius 2 is 2.13 bits per heavy atom. The van der Waals surface area contributed by atoms with Gasteiger partial charge >= 0.3 is 0 Å². The molecule has 1 atom stereocenters. The van der Waals surface area contributed by atoms with E-state index in [1.165, 1.54) is 10.9 Å². The summed E-state index contributed by atoms with van der Waals surface area (Å²) in [4.78, 5) is 29.4. The lowest BCUT2D eigenvalue weighted by atomic mass is 10.2. The summed E-state index contributed by atoms with van der Waals surface area (Å²) in [5.41, 5.74) is 1.07. The molecule has 1 saturated heterocycles. The number of amides is 1. The molecule has 1 aromatic carbocycles. The van der Waals surface area contributed by atoms with Crippen molar-refractivity contribution in [2.45, 2.75) is 32.4 Å². The summed E-state index contributed by atoms with van der Waals surface area (Å²) >= 11 is 3.35. The first kappa shape index (κ1) is 20.7. The van der Waals surface area contributed by atoms with Crippen LogP contribution in [0.3, 0.4) is 0 Å². The molecule has 0 aliphatic carbocycles. The lowest BCUT2D eigenvalue weighted by Gasteiger charge is -2.14. The quantitative estimate of drug-likeness (QED) is 0.581. The molecule has 3 heterocycles. The highest BCUT2D eigenvalue weighted by Gasteiger charge is 2.31. The summed E-state index contributed by atoms with van der Waals surface area (Å²) in [7, 11) is -3.07. The lowest BCUT2D eigenvalue weighted by Crippen LogP contribution is -2.24. The van der Waals surface area contributed by atoms with E-state index in [9.17, 15) is 18.0 Å². The first-order valence-electron chi connectivity index (χ1n) is 9.43. The zero-order valence-electron chi connectivity index (χ0n) is 16.2. The van der Waals surface area contributed by atoms with Crippen molar-refractivity contribution in [3.05, 3.63) is 51.1 Å². The highest BCUT2D eigenvalue weighted by Crippen LogP contribution is 2.27. The summed E-state index contributed by atoms with van der Waals surface area (Å²) in [5, 5.41) is 7.62. The number of hydrogen-bond acceptors (Lipinski definition) is 6. The Morgan fingerprint density at radius 3 is 2.87 bits per heavy atom. The van der Waals surface area contributed by atoms with E-state index in [1.807, 2.05) is 6.07 Å². The van der Waals surface area contributed by atoms with Crippen LogP contribution < -0.4 is 10.9 Å². The number of nitrogens with one attached hydrogen (secondary N) is 1. The predicted molar refractivity (Wildman–Crippen MR) is 116 cm³/mol. The van der Waals surface area contributed by atoms with Gasteiger partial charge < -0.3 is 5.32 Å². The number of halogens is 1. The first-order valence-corrected chi connectivity index (χ1v) is 12.0. The Kier molecular flexibility index (Phi) is 5.49. The Morgan fingerprint density at radius 1 is 1.33 bits per heavy atom. The third-order valence-corrected chi connectivity index (χ3v) is 7.29. The zero-order chi connectivity index (χ0) is 21.5. The van der Waals surface area contributed by atoms with E-state index in [4.69, 9.17) is 0 Å². The van der Waals surface area contributed by atoms with Crippen molar-refractivity contribution in [2.75, 3.05) is 16.8 Å². The van der Waals surface area contributed by atoms with Gasteiger partial charge in [-0.2, -0.15) is 5.10 Å². The van der Waals surface area contributed by atoms with E-state index in [1.54, 1.807) is 29.8 Å². The number of hydrogen-bond donors (Lipinski definition) is 1. The van der Waals surface area contributed by atoms with E-state index in [2.05, 4.69) is 31.3 Å². The number of fused-ring (bicyclic) bond motifs is 1. The summed E-state index contributed by atoms with van der Waals surface area (Å²) in [5.74, 6) is 0.314. The average molecular weight is 494 g/mol. The second-order valence-corrected chi connectivity index (χ2v) is 10.5. The maximum atomic E-state index is 12.6. The van der Waals surface area contributed by atoms with Crippen LogP contribution in [-0.4, -0.2) is 45.2 Å². The Labute approximate surface area is 181 Å². The molecule has 0 bridgehead atoms. The Balaban J connectivity index is 1.47. The molecule has 4 rings (SSSR count). The van der Waals surface area contributed by atoms with Crippen LogP contribution in [0.2, 0.25) is 0 Å². The smallest absolute Gasteiger partial charge is 0.261 e. The van der Waals surface area contributed by atoms with Gasteiger partial charge in [-0.05, 0) is 31.5 Å². The van der Waals surface area contributed by atoms with Crippen LogP contribution in [-0.2, 0) is 21.2 Å². The van der Waals surface area contributed by atoms with E-state index >= 15 is 0 Å². The lowest BCUT2D eigenvalue weighted by molar-refractivity contribution is -0.116. The van der Waals surface area contributed by atoms with Gasteiger partial charge in [-0.3, -0.25) is 14.2 Å². The second-order valence-electron chi connectivity index (χ2n) is 7.38. The van der Waals surface area contributed by atoms with Gasteiger partial charge in [-0.25, -0.2) is 18.1 Å². The number of nitrogens with zero attached hydrogens (tertiary/aromatic N) is 4. The van der Waals surface area contributed by atoms with Crippen molar-refractivity contribution >= 4 is 48.4 Å². The molecule has 0 radical (unpaired) electrons. The SMILES string of the molecule is Cc1cc(NC(=O)CCn2cnc3ccc(Br)cc3c2=O)n(C2CCS(=O)(=O)C2)n1. The maximum absolute atomic E-state index is 12.6. The van der Waals surface area contributed by atoms with E-state index in [-0.39, 0.29) is 42.0 Å². The third kappa shape index (κ3) is 4.31. The zero-order valence-corrected chi connectivity index (χ0v) is 18.6. The molecule has 2 aromatic heterocycles. The third-order valence-electron chi connectivity index (χ3n) is 5.05. The van der Waals surface area contributed by atoms with Gasteiger partial charge in [0, 0.05) is 23.5 Å². The van der Waals surface area contributed by atoms with Gasteiger partial charge in [-0.1, -0.05) is 15.9 Å². The number of carbonyl (C=O) groups excluding carboxylic acids is 1. The van der Waals surface area contributed by atoms with Gasteiger partial charge in [0.15, 0.2) is 9.84 Å². The predicted octanol–water partition coefficient (Wildman–Crippen LogP) is 2.05. The molecule has 3 aromatic rings. The largest absolute Gasteiger partial charge is 0.311 e. The molecular weight excluding hydrogens is 474 g/mol. The number of aromatic nitrogens is 4. The topological polar surface area (TPSA) is 116 Å². The van der Waals surface area contributed by atoms with Crippen molar-refractivity contribution in [1.29, 1.82) is 0 Å². The number of rotatable bonds is 5. The highest BCUT2D eigenvalue weighted by molar-refractivity contribution is 9.10. The number of aryl methyl sites for hydroxylation is 2. The second kappa shape index (κ2) is 7.95.